The Kier molecular flexibility index (Phi) is 3.30. The first-order chi connectivity index (χ1) is 7.95. The van der Waals surface area contributed by atoms with Gasteiger partial charge in [-0.2, -0.15) is 0 Å². The summed E-state index contributed by atoms with van der Waals surface area (Å²) in [5.41, 5.74) is 0.227. The molecule has 2 aliphatic carbocycles. The summed E-state index contributed by atoms with van der Waals surface area (Å²) < 4.78 is 0. The number of carbonyl (C=O) groups is 1. The molecule has 2 rings (SSSR count). The van der Waals surface area contributed by atoms with Crippen LogP contribution in [0, 0.1) is 17.3 Å². The van der Waals surface area contributed by atoms with Crippen molar-refractivity contribution >= 4 is 5.97 Å². The Hall–Kier alpha value is -0.830. The lowest BCUT2D eigenvalue weighted by Crippen LogP contribution is -2.34. The van der Waals surface area contributed by atoms with Gasteiger partial charge in [0.2, 0.25) is 0 Å². The number of carboxylic acid groups (broad SMARTS) is 1. The second-order valence-electron chi connectivity index (χ2n) is 5.96. The fourth-order valence-corrected chi connectivity index (χ4v) is 3.78. The van der Waals surface area contributed by atoms with Gasteiger partial charge in [0.15, 0.2) is 0 Å². The van der Waals surface area contributed by atoms with Gasteiger partial charge >= 0.3 is 5.97 Å². The van der Waals surface area contributed by atoms with Crippen molar-refractivity contribution in [2.45, 2.75) is 51.6 Å². The van der Waals surface area contributed by atoms with Crippen LogP contribution in [0.4, 0.5) is 0 Å². The second kappa shape index (κ2) is 4.45. The Morgan fingerprint density at radius 3 is 2.65 bits per heavy atom. The molecule has 0 radical (unpaired) electrons. The summed E-state index contributed by atoms with van der Waals surface area (Å²) in [5, 5.41) is 19.2. The van der Waals surface area contributed by atoms with Gasteiger partial charge in [-0.05, 0) is 49.4 Å². The van der Waals surface area contributed by atoms with Crippen LogP contribution in [0.5, 0.6) is 0 Å². The predicted molar refractivity (Wildman–Crippen MR) is 65.6 cm³/mol. The van der Waals surface area contributed by atoms with E-state index in [1.54, 1.807) is 0 Å². The van der Waals surface area contributed by atoms with Crippen molar-refractivity contribution in [3.8, 4) is 0 Å². The van der Waals surface area contributed by atoms with E-state index in [0.717, 1.165) is 38.5 Å². The average Bonchev–Trinajstić information content (AvgIpc) is 2.48. The summed E-state index contributed by atoms with van der Waals surface area (Å²) in [4.78, 5) is 11.0. The highest BCUT2D eigenvalue weighted by Gasteiger charge is 2.48. The van der Waals surface area contributed by atoms with Crippen LogP contribution in [-0.4, -0.2) is 22.3 Å². The number of carboxylic acids is 1. The Labute approximate surface area is 103 Å². The van der Waals surface area contributed by atoms with Crippen LogP contribution >= 0.6 is 0 Å². The van der Waals surface area contributed by atoms with E-state index in [4.69, 9.17) is 5.11 Å². The van der Waals surface area contributed by atoms with E-state index in [2.05, 4.69) is 13.5 Å². The zero-order valence-electron chi connectivity index (χ0n) is 10.5. The molecular formula is C14H22O3. The van der Waals surface area contributed by atoms with Crippen molar-refractivity contribution in [3.63, 3.8) is 0 Å². The number of hydrogen-bond donors (Lipinski definition) is 2. The quantitative estimate of drug-likeness (QED) is 0.727. The summed E-state index contributed by atoms with van der Waals surface area (Å²) in [6, 6.07) is 0. The molecule has 4 unspecified atom stereocenters. The summed E-state index contributed by atoms with van der Waals surface area (Å²) in [6.07, 6.45) is 5.56. The third-order valence-corrected chi connectivity index (χ3v) is 5.04. The van der Waals surface area contributed by atoms with Crippen LogP contribution in [0.1, 0.15) is 45.4 Å². The highest BCUT2D eigenvalue weighted by atomic mass is 16.4. The Balaban J connectivity index is 2.18. The van der Waals surface area contributed by atoms with Crippen LogP contribution in [0.3, 0.4) is 0 Å². The second-order valence-corrected chi connectivity index (χ2v) is 5.96. The molecule has 3 nitrogen and oxygen atoms in total. The molecule has 0 heterocycles. The first-order valence-corrected chi connectivity index (χ1v) is 6.55. The number of hydrogen-bond acceptors (Lipinski definition) is 2. The van der Waals surface area contributed by atoms with Crippen LogP contribution in [0.15, 0.2) is 12.2 Å². The molecule has 2 saturated carbocycles. The van der Waals surface area contributed by atoms with E-state index in [1.165, 1.54) is 0 Å². The SMILES string of the molecule is C=C(C(=O)O)C1CCCC2CCC(O)C2(C)C1. The maximum Gasteiger partial charge on any atom is 0.331 e. The minimum Gasteiger partial charge on any atom is -0.478 e. The van der Waals surface area contributed by atoms with Gasteiger partial charge in [-0.15, -0.1) is 0 Å². The average molecular weight is 238 g/mol. The van der Waals surface area contributed by atoms with Crippen molar-refractivity contribution in [2.75, 3.05) is 0 Å². The lowest BCUT2D eigenvalue weighted by atomic mass is 9.71. The minimum absolute atomic E-state index is 0.0373. The topological polar surface area (TPSA) is 57.5 Å². The zero-order chi connectivity index (χ0) is 12.6. The largest absolute Gasteiger partial charge is 0.478 e. The molecule has 3 heteroatoms. The first-order valence-electron chi connectivity index (χ1n) is 6.55. The number of fused-ring (bicyclic) bond motifs is 1. The van der Waals surface area contributed by atoms with E-state index in [0.29, 0.717) is 11.5 Å². The molecule has 0 aromatic rings. The van der Waals surface area contributed by atoms with Crippen molar-refractivity contribution in [1.82, 2.24) is 0 Å². The van der Waals surface area contributed by atoms with Gasteiger partial charge in [-0.1, -0.05) is 19.9 Å². The maximum absolute atomic E-state index is 11.0. The summed E-state index contributed by atoms with van der Waals surface area (Å²) in [5.74, 6) is -0.288. The minimum atomic E-state index is -0.885. The molecule has 0 saturated heterocycles. The van der Waals surface area contributed by atoms with Crippen molar-refractivity contribution in [3.05, 3.63) is 12.2 Å². The highest BCUT2D eigenvalue weighted by molar-refractivity contribution is 5.86. The maximum atomic E-state index is 11.0. The van der Waals surface area contributed by atoms with Gasteiger partial charge in [0.05, 0.1) is 6.10 Å². The first kappa shape index (κ1) is 12.6. The molecule has 0 aliphatic heterocycles. The highest BCUT2D eigenvalue weighted by Crippen LogP contribution is 2.53. The molecule has 96 valence electrons. The Morgan fingerprint density at radius 1 is 1.29 bits per heavy atom. The molecule has 17 heavy (non-hydrogen) atoms. The van der Waals surface area contributed by atoms with E-state index in [1.807, 2.05) is 0 Å². The lowest BCUT2D eigenvalue weighted by molar-refractivity contribution is -0.133. The van der Waals surface area contributed by atoms with E-state index >= 15 is 0 Å². The van der Waals surface area contributed by atoms with Gasteiger partial charge in [-0.3, -0.25) is 0 Å². The van der Waals surface area contributed by atoms with E-state index < -0.39 is 5.97 Å². The third-order valence-electron chi connectivity index (χ3n) is 5.04. The third kappa shape index (κ3) is 2.13. The molecule has 0 aromatic heterocycles. The Bertz CT molecular complexity index is 336. The molecular weight excluding hydrogens is 216 g/mol. The number of aliphatic hydroxyl groups excluding tert-OH is 1. The van der Waals surface area contributed by atoms with Gasteiger partial charge in [0.25, 0.3) is 0 Å². The van der Waals surface area contributed by atoms with Gasteiger partial charge < -0.3 is 10.2 Å². The molecule has 0 spiro atoms. The Morgan fingerprint density at radius 2 is 2.00 bits per heavy atom. The van der Waals surface area contributed by atoms with Crippen molar-refractivity contribution in [2.24, 2.45) is 17.3 Å². The normalized spacial score (nSPS) is 41.6. The summed E-state index contributed by atoms with van der Waals surface area (Å²) >= 11 is 0. The summed E-state index contributed by atoms with van der Waals surface area (Å²) in [7, 11) is 0. The molecule has 2 fully saturated rings. The molecule has 0 bridgehead atoms. The van der Waals surface area contributed by atoms with Crippen LogP contribution in [0.2, 0.25) is 0 Å². The predicted octanol–water partition coefficient (Wildman–Crippen LogP) is 2.59. The van der Waals surface area contributed by atoms with E-state index in [9.17, 15) is 9.90 Å². The van der Waals surface area contributed by atoms with E-state index in [-0.39, 0.29) is 17.4 Å². The van der Waals surface area contributed by atoms with Crippen molar-refractivity contribution < 1.29 is 15.0 Å². The number of rotatable bonds is 2. The van der Waals surface area contributed by atoms with Crippen molar-refractivity contribution in [1.29, 1.82) is 0 Å². The van der Waals surface area contributed by atoms with Gasteiger partial charge in [0.1, 0.15) is 0 Å². The number of aliphatic carboxylic acids is 1. The van der Waals surface area contributed by atoms with Gasteiger partial charge in [0, 0.05) is 5.57 Å². The van der Waals surface area contributed by atoms with Crippen LogP contribution < -0.4 is 0 Å². The zero-order valence-corrected chi connectivity index (χ0v) is 10.5. The fraction of sp³-hybridized carbons (Fsp3) is 0.786. The van der Waals surface area contributed by atoms with Gasteiger partial charge in [-0.25, -0.2) is 4.79 Å². The monoisotopic (exact) mass is 238 g/mol. The number of aliphatic hydroxyl groups is 1. The molecule has 0 amide bonds. The smallest absolute Gasteiger partial charge is 0.331 e. The lowest BCUT2D eigenvalue weighted by Gasteiger charge is -2.35. The molecule has 4 atom stereocenters. The fourth-order valence-electron chi connectivity index (χ4n) is 3.78. The molecule has 0 aromatic carbocycles. The van der Waals surface area contributed by atoms with Crippen LogP contribution in [0.25, 0.3) is 0 Å². The molecule has 2 aliphatic rings. The summed E-state index contributed by atoms with van der Waals surface area (Å²) in [6.45, 7) is 5.84. The standard InChI is InChI=1S/C14H22O3/c1-9(13(16)17)10-4-3-5-11-6-7-12(15)14(11,2)8-10/h10-12,15H,1,3-8H2,2H3,(H,16,17). The van der Waals surface area contributed by atoms with Crippen LogP contribution in [-0.2, 0) is 4.79 Å². The molecule has 2 N–H and O–H groups in total.